The van der Waals surface area contributed by atoms with Gasteiger partial charge in [0.25, 0.3) is 0 Å². The summed E-state index contributed by atoms with van der Waals surface area (Å²) in [6.45, 7) is 24.4. The van der Waals surface area contributed by atoms with Gasteiger partial charge in [-0.15, -0.1) is 0 Å². The summed E-state index contributed by atoms with van der Waals surface area (Å²) in [6, 6.07) is 0. The molecule has 0 unspecified atom stereocenters. The molecule has 0 spiro atoms. The minimum Gasteiger partial charge on any atom is -0.870 e. The predicted molar refractivity (Wildman–Crippen MR) is 145 cm³/mol. The number of hydrogen-bond donors (Lipinski definition) is 0. The SMILES string of the molecule is C.C.C.C/C=C/C.CC(C)=C(C)C.CN=NC.C[C-]=C(C)C.C[C-]=C(C)C.[OH-].[Rb+].[Rb+].[SH-]. The van der Waals surface area contributed by atoms with Crippen LogP contribution in [0.25, 0.3) is 0 Å². The number of allylic oxidation sites excluding steroid dienone is 8. The van der Waals surface area contributed by atoms with Gasteiger partial charge < -0.3 is 31.1 Å². The molecule has 0 amide bonds. The van der Waals surface area contributed by atoms with Crippen molar-refractivity contribution >= 4 is 13.5 Å². The minimum atomic E-state index is 0. The fourth-order valence-corrected chi connectivity index (χ4v) is 0. The van der Waals surface area contributed by atoms with E-state index in [1.807, 2.05) is 67.5 Å². The summed E-state index contributed by atoms with van der Waals surface area (Å²) < 4.78 is 0. The van der Waals surface area contributed by atoms with E-state index in [4.69, 9.17) is 0 Å². The molecule has 0 atom stereocenters. The van der Waals surface area contributed by atoms with Crippen molar-refractivity contribution in [3.8, 4) is 0 Å². The molecule has 0 saturated heterocycles. The van der Waals surface area contributed by atoms with Gasteiger partial charge in [0.2, 0.25) is 0 Å². The van der Waals surface area contributed by atoms with Crippen LogP contribution in [0.15, 0.2) is 44.7 Å². The summed E-state index contributed by atoms with van der Waals surface area (Å²) in [4.78, 5) is 0. The third kappa shape index (κ3) is 194. The molecule has 0 aliphatic rings. The van der Waals surface area contributed by atoms with Crippen LogP contribution in [0.1, 0.15) is 105 Å². The van der Waals surface area contributed by atoms with Crippen LogP contribution >= 0.6 is 0 Å². The maximum Gasteiger partial charge on any atom is 1.00 e. The van der Waals surface area contributed by atoms with E-state index in [1.54, 1.807) is 14.1 Å². The van der Waals surface area contributed by atoms with E-state index >= 15 is 0 Å². The standard InChI is InChI=1S/C6H12.2C5H9.C4H8.C2H6N2.3CH4.H2O.2Rb.H2S/c1-5(2)6(3)4;2*1-4-5(2)3;2*1-3-4-2;;;;;;;/h1-4H3;2*1-3H3;3-4H,1-2H3;1-2H3;3*1H4;1H2;;;1H2/q;2*-1;;;;;;;2*+1;/p-2/b;;;4-3+;;;;;;;;. The van der Waals surface area contributed by atoms with E-state index in [9.17, 15) is 0 Å². The monoisotopic (exact) mass is 604 g/mol. The molecule has 0 saturated carbocycles. The molecule has 1 N–H and O–H groups in total. The quantitative estimate of drug-likeness (QED) is 0.139. The van der Waals surface area contributed by atoms with E-state index in [1.165, 1.54) is 22.3 Å². The van der Waals surface area contributed by atoms with Gasteiger partial charge in [-0.05, 0) is 41.5 Å². The van der Waals surface area contributed by atoms with Crippen LogP contribution in [0.4, 0.5) is 0 Å². The molecule has 0 fully saturated rings. The zero-order valence-electron chi connectivity index (χ0n) is 21.9. The van der Waals surface area contributed by atoms with Gasteiger partial charge in [-0.1, -0.05) is 73.3 Å². The fraction of sp³-hybridized carbons (Fsp3) is 0.680. The van der Waals surface area contributed by atoms with Gasteiger partial charge in [0, 0.05) is 14.1 Å². The molecule has 31 heavy (non-hydrogen) atoms. The van der Waals surface area contributed by atoms with E-state index in [0.717, 1.165) is 0 Å². The van der Waals surface area contributed by atoms with Crippen molar-refractivity contribution in [2.45, 2.75) is 105 Å². The normalized spacial score (nSPS) is 6.26. The van der Waals surface area contributed by atoms with Gasteiger partial charge in [-0.2, -0.15) is 24.1 Å². The second-order valence-corrected chi connectivity index (χ2v) is 5.57. The summed E-state index contributed by atoms with van der Waals surface area (Å²) in [6.07, 6.45) is 9.89. The molecule has 0 aromatic heterocycles. The predicted octanol–water partition coefficient (Wildman–Crippen LogP) is 3.66. The molecule has 0 aromatic carbocycles. The van der Waals surface area contributed by atoms with Gasteiger partial charge in [0.1, 0.15) is 0 Å². The average molecular weight is 606 g/mol. The third-order valence-corrected chi connectivity index (χ3v) is 2.53. The summed E-state index contributed by atoms with van der Waals surface area (Å²) in [5.74, 6) is 0. The molecule has 0 heterocycles. The van der Waals surface area contributed by atoms with Gasteiger partial charge >= 0.3 is 116 Å². The summed E-state index contributed by atoms with van der Waals surface area (Å²) in [5, 5.41) is 6.72. The van der Waals surface area contributed by atoms with Crippen LogP contribution in [-0.4, -0.2) is 19.6 Å². The Hall–Kier alpha value is 2.48. The Morgan fingerprint density at radius 2 is 0.710 bits per heavy atom. The van der Waals surface area contributed by atoms with Crippen LogP contribution < -0.4 is 116 Å². The molecule has 3 nitrogen and oxygen atoms in total. The van der Waals surface area contributed by atoms with E-state index < -0.39 is 0 Å². The van der Waals surface area contributed by atoms with Crippen LogP contribution in [-0.2, 0) is 13.5 Å². The molecule has 0 bridgehead atoms. The van der Waals surface area contributed by atoms with Crippen molar-refractivity contribution in [2.75, 3.05) is 14.1 Å². The largest absolute Gasteiger partial charge is 1.00 e. The van der Waals surface area contributed by atoms with Gasteiger partial charge in [0.15, 0.2) is 0 Å². The van der Waals surface area contributed by atoms with Crippen LogP contribution in [0.2, 0.25) is 0 Å². The first kappa shape index (κ1) is 76.6. The topological polar surface area (TPSA) is 54.7 Å². The van der Waals surface area contributed by atoms with E-state index in [2.05, 4.69) is 50.1 Å². The first-order valence-corrected chi connectivity index (χ1v) is 8.33. The second-order valence-electron chi connectivity index (χ2n) is 5.57. The number of azo groups is 1. The van der Waals surface area contributed by atoms with Crippen molar-refractivity contribution in [1.82, 2.24) is 0 Å². The Morgan fingerprint density at radius 3 is 0.710 bits per heavy atom. The average Bonchev–Trinajstić information content (AvgIpc) is 2.56. The van der Waals surface area contributed by atoms with Gasteiger partial charge in [-0.25, -0.2) is 0 Å². The molecule has 0 aromatic rings. The van der Waals surface area contributed by atoms with Crippen LogP contribution in [0.3, 0.4) is 0 Å². The number of nitrogens with zero attached hydrogens (tertiary/aromatic N) is 2. The Kier molecular flexibility index (Phi) is 190. The number of rotatable bonds is 0. The van der Waals surface area contributed by atoms with Crippen molar-refractivity contribution in [3.63, 3.8) is 0 Å². The second kappa shape index (κ2) is 76.7. The minimum absolute atomic E-state index is 0. The third-order valence-electron chi connectivity index (χ3n) is 2.53. The zero-order chi connectivity index (χ0) is 20.6. The smallest absolute Gasteiger partial charge is 0.870 e. The van der Waals surface area contributed by atoms with E-state index in [-0.39, 0.29) is 158 Å². The zero-order valence-corrected chi connectivity index (χ0v) is 32.7. The van der Waals surface area contributed by atoms with Crippen LogP contribution in [0.5, 0.6) is 0 Å². The molecule has 0 rings (SSSR count). The van der Waals surface area contributed by atoms with Crippen LogP contribution in [0, 0.1) is 12.2 Å². The van der Waals surface area contributed by atoms with Crippen molar-refractivity contribution in [2.24, 2.45) is 10.2 Å². The Balaban J connectivity index is -0.0000000139. The molecule has 0 aliphatic carbocycles. The van der Waals surface area contributed by atoms with Crippen molar-refractivity contribution in [3.05, 3.63) is 46.6 Å². The molecule has 0 aliphatic heterocycles. The number of thiol groups is 1. The molecular weight excluding hydrogens is 547 g/mol. The molecule has 0 radical (unpaired) electrons. The Morgan fingerprint density at radius 1 is 0.581 bits per heavy atom. The molecular formula is C25H58N2ORb2S-2. The maximum absolute atomic E-state index is 3.36. The number of hydrogen-bond acceptors (Lipinski definition) is 4. The van der Waals surface area contributed by atoms with Crippen molar-refractivity contribution < 1.29 is 122 Å². The first-order chi connectivity index (χ1) is 11.0. The molecule has 184 valence electrons. The van der Waals surface area contributed by atoms with Gasteiger partial charge in [-0.3, -0.25) is 11.1 Å². The summed E-state index contributed by atoms with van der Waals surface area (Å²) in [7, 11) is 3.28. The summed E-state index contributed by atoms with van der Waals surface area (Å²) >= 11 is 0. The maximum atomic E-state index is 3.36. The van der Waals surface area contributed by atoms with E-state index in [0.29, 0.717) is 0 Å². The van der Waals surface area contributed by atoms with Gasteiger partial charge in [0.05, 0.1) is 0 Å². The van der Waals surface area contributed by atoms with Crippen molar-refractivity contribution in [1.29, 1.82) is 0 Å². The Labute approximate surface area is 305 Å². The molecule has 6 heteroatoms. The Bertz CT molecular complexity index is 331. The summed E-state index contributed by atoms with van der Waals surface area (Å²) in [5.41, 5.74) is 5.36. The first-order valence-electron chi connectivity index (χ1n) is 8.33. The fourth-order valence-electron chi connectivity index (χ4n) is 0.